The number of nitrogens with zero attached hydrogens (tertiary/aromatic N) is 4. The van der Waals surface area contributed by atoms with Gasteiger partial charge in [0, 0.05) is 43.9 Å². The third kappa shape index (κ3) is 2.50. The summed E-state index contributed by atoms with van der Waals surface area (Å²) in [6.07, 6.45) is 6.77. The quantitative estimate of drug-likeness (QED) is 0.833. The number of hydrogen-bond acceptors (Lipinski definition) is 5. The summed E-state index contributed by atoms with van der Waals surface area (Å²) in [5, 5.41) is 0. The van der Waals surface area contributed by atoms with Gasteiger partial charge in [-0.1, -0.05) is 6.42 Å². The minimum Gasteiger partial charge on any atom is -0.356 e. The number of sulfonamides is 1. The molecule has 7 heteroatoms. The number of anilines is 1. The first kappa shape index (κ1) is 14.4. The van der Waals surface area contributed by atoms with Gasteiger partial charge >= 0.3 is 0 Å². The molecule has 3 heterocycles. The molecule has 0 bridgehead atoms. The Morgan fingerprint density at radius 2 is 1.77 bits per heavy atom. The molecule has 1 aromatic heterocycles. The third-order valence-corrected chi connectivity index (χ3v) is 6.68. The van der Waals surface area contributed by atoms with Crippen molar-refractivity contribution in [1.29, 1.82) is 0 Å². The van der Waals surface area contributed by atoms with Crippen LogP contribution in [0.1, 0.15) is 30.9 Å². The maximum atomic E-state index is 11.7. The van der Waals surface area contributed by atoms with E-state index in [-0.39, 0.29) is 0 Å². The standard InChI is InChI=1S/C15H22N4O2S/c1-22(20,21)19-8-12-6-18(7-13(12)9-19)15-5-14(16-10-17-15)11-3-2-4-11/h5,10-13H,2-4,6-9H2,1H3. The Bertz CT molecular complexity index is 660. The summed E-state index contributed by atoms with van der Waals surface area (Å²) in [5.74, 6) is 2.48. The van der Waals surface area contributed by atoms with Crippen LogP contribution in [0.3, 0.4) is 0 Å². The second kappa shape index (κ2) is 5.16. The highest BCUT2D eigenvalue weighted by Crippen LogP contribution is 2.38. The zero-order valence-corrected chi connectivity index (χ0v) is 13.7. The molecular weight excluding hydrogens is 300 g/mol. The second-order valence-corrected chi connectivity index (χ2v) is 8.92. The van der Waals surface area contributed by atoms with Gasteiger partial charge in [-0.25, -0.2) is 22.7 Å². The van der Waals surface area contributed by atoms with Crippen LogP contribution < -0.4 is 4.90 Å². The summed E-state index contributed by atoms with van der Waals surface area (Å²) in [4.78, 5) is 11.2. The van der Waals surface area contributed by atoms with Gasteiger partial charge in [-0.2, -0.15) is 0 Å². The van der Waals surface area contributed by atoms with E-state index in [1.807, 2.05) is 0 Å². The number of hydrogen-bond donors (Lipinski definition) is 0. The van der Waals surface area contributed by atoms with Gasteiger partial charge in [0.05, 0.1) is 6.26 Å². The van der Waals surface area contributed by atoms with E-state index in [0.717, 1.165) is 18.9 Å². The molecule has 2 unspecified atom stereocenters. The van der Waals surface area contributed by atoms with E-state index in [9.17, 15) is 8.42 Å². The Morgan fingerprint density at radius 3 is 2.32 bits per heavy atom. The van der Waals surface area contributed by atoms with E-state index in [2.05, 4.69) is 20.9 Å². The number of rotatable bonds is 3. The van der Waals surface area contributed by atoms with Crippen LogP contribution in [0.25, 0.3) is 0 Å². The Kier molecular flexibility index (Phi) is 3.38. The van der Waals surface area contributed by atoms with Crippen LogP contribution in [0.4, 0.5) is 5.82 Å². The van der Waals surface area contributed by atoms with Gasteiger partial charge in [-0.3, -0.25) is 0 Å². The van der Waals surface area contributed by atoms with E-state index in [1.54, 1.807) is 10.6 Å². The van der Waals surface area contributed by atoms with Crippen molar-refractivity contribution in [1.82, 2.24) is 14.3 Å². The van der Waals surface area contributed by atoms with Crippen LogP contribution in [0, 0.1) is 11.8 Å². The van der Waals surface area contributed by atoms with Crippen molar-refractivity contribution in [2.24, 2.45) is 11.8 Å². The van der Waals surface area contributed by atoms with Crippen LogP contribution in [0.5, 0.6) is 0 Å². The van der Waals surface area contributed by atoms with Crippen LogP contribution in [-0.4, -0.2) is 55.1 Å². The van der Waals surface area contributed by atoms with E-state index >= 15 is 0 Å². The van der Waals surface area contributed by atoms with Gasteiger partial charge in [0.25, 0.3) is 0 Å². The SMILES string of the molecule is CS(=O)(=O)N1CC2CN(c3cc(C4CCC4)ncn3)CC2C1. The lowest BCUT2D eigenvalue weighted by Gasteiger charge is -2.26. The van der Waals surface area contributed by atoms with Crippen LogP contribution >= 0.6 is 0 Å². The Hall–Kier alpha value is -1.21. The van der Waals surface area contributed by atoms with Gasteiger partial charge in [0.15, 0.2) is 0 Å². The molecule has 0 aromatic carbocycles. The minimum absolute atomic E-state index is 0.428. The van der Waals surface area contributed by atoms with Crippen molar-refractivity contribution < 1.29 is 8.42 Å². The van der Waals surface area contributed by atoms with Crippen molar-refractivity contribution in [2.45, 2.75) is 25.2 Å². The minimum atomic E-state index is -3.05. The fourth-order valence-corrected chi connectivity index (χ4v) is 4.79. The van der Waals surface area contributed by atoms with Gasteiger partial charge in [-0.15, -0.1) is 0 Å². The molecule has 2 aliphatic heterocycles. The van der Waals surface area contributed by atoms with E-state index in [0.29, 0.717) is 30.8 Å². The monoisotopic (exact) mass is 322 g/mol. The molecule has 2 saturated heterocycles. The molecule has 22 heavy (non-hydrogen) atoms. The summed E-state index contributed by atoms with van der Waals surface area (Å²) in [6.45, 7) is 3.11. The van der Waals surface area contributed by atoms with Crippen molar-refractivity contribution in [3.63, 3.8) is 0 Å². The van der Waals surface area contributed by atoms with E-state index in [1.165, 1.54) is 31.2 Å². The molecule has 3 aliphatic rings. The lowest BCUT2D eigenvalue weighted by atomic mass is 9.83. The van der Waals surface area contributed by atoms with Crippen molar-refractivity contribution >= 4 is 15.8 Å². The molecule has 6 nitrogen and oxygen atoms in total. The fourth-order valence-electron chi connectivity index (χ4n) is 3.87. The molecule has 0 spiro atoms. The molecule has 1 aliphatic carbocycles. The highest BCUT2D eigenvalue weighted by atomic mass is 32.2. The maximum Gasteiger partial charge on any atom is 0.211 e. The molecule has 0 amide bonds. The molecule has 1 aromatic rings. The van der Waals surface area contributed by atoms with Crippen LogP contribution in [0.2, 0.25) is 0 Å². The van der Waals surface area contributed by atoms with Gasteiger partial charge < -0.3 is 4.90 Å². The summed E-state index contributed by atoms with van der Waals surface area (Å²) in [7, 11) is -3.05. The fraction of sp³-hybridized carbons (Fsp3) is 0.733. The van der Waals surface area contributed by atoms with Gasteiger partial charge in [0.2, 0.25) is 10.0 Å². The first-order chi connectivity index (χ1) is 10.5. The molecule has 0 N–H and O–H groups in total. The van der Waals surface area contributed by atoms with Gasteiger partial charge in [0.1, 0.15) is 12.1 Å². The second-order valence-electron chi connectivity index (χ2n) is 6.93. The Labute approximate surface area is 131 Å². The zero-order valence-electron chi connectivity index (χ0n) is 12.9. The summed E-state index contributed by atoms with van der Waals surface area (Å²) < 4.78 is 25.0. The van der Waals surface area contributed by atoms with Gasteiger partial charge in [-0.05, 0) is 24.7 Å². The molecule has 4 rings (SSSR count). The zero-order chi connectivity index (χ0) is 15.3. The smallest absolute Gasteiger partial charge is 0.211 e. The Morgan fingerprint density at radius 1 is 1.09 bits per heavy atom. The van der Waals surface area contributed by atoms with Crippen molar-refractivity contribution in [3.8, 4) is 0 Å². The highest BCUT2D eigenvalue weighted by molar-refractivity contribution is 7.88. The summed E-state index contributed by atoms with van der Waals surface area (Å²) in [6, 6.07) is 2.14. The third-order valence-electron chi connectivity index (χ3n) is 5.44. The van der Waals surface area contributed by atoms with E-state index < -0.39 is 10.0 Å². The lowest BCUT2D eigenvalue weighted by molar-refractivity contribution is 0.410. The molecule has 0 radical (unpaired) electrons. The highest BCUT2D eigenvalue weighted by Gasteiger charge is 2.43. The molecule has 120 valence electrons. The van der Waals surface area contributed by atoms with Crippen LogP contribution in [-0.2, 0) is 10.0 Å². The predicted octanol–water partition coefficient (Wildman–Crippen LogP) is 1.07. The van der Waals surface area contributed by atoms with E-state index in [4.69, 9.17) is 0 Å². The normalized spacial score (nSPS) is 29.6. The van der Waals surface area contributed by atoms with Crippen molar-refractivity contribution in [2.75, 3.05) is 37.3 Å². The average Bonchev–Trinajstić information content (AvgIpc) is 2.94. The number of aromatic nitrogens is 2. The number of fused-ring (bicyclic) bond motifs is 1. The largest absolute Gasteiger partial charge is 0.356 e. The first-order valence-corrected chi connectivity index (χ1v) is 9.87. The first-order valence-electron chi connectivity index (χ1n) is 8.03. The van der Waals surface area contributed by atoms with Crippen LogP contribution in [0.15, 0.2) is 12.4 Å². The topological polar surface area (TPSA) is 66.4 Å². The Balaban J connectivity index is 1.46. The summed E-state index contributed by atoms with van der Waals surface area (Å²) >= 11 is 0. The predicted molar refractivity (Wildman–Crippen MR) is 84.2 cm³/mol. The lowest BCUT2D eigenvalue weighted by Crippen LogP contribution is -2.32. The molecule has 1 saturated carbocycles. The average molecular weight is 322 g/mol. The molecule has 3 fully saturated rings. The molecular formula is C15H22N4O2S. The maximum absolute atomic E-state index is 11.7. The van der Waals surface area contributed by atoms with Crippen molar-refractivity contribution in [3.05, 3.63) is 18.1 Å². The molecule has 2 atom stereocenters. The summed E-state index contributed by atoms with van der Waals surface area (Å²) in [5.41, 5.74) is 1.17.